The third-order valence-electron chi connectivity index (χ3n) is 4.40. The van der Waals surface area contributed by atoms with Crippen molar-refractivity contribution >= 4 is 17.3 Å². The fourth-order valence-electron chi connectivity index (χ4n) is 3.00. The molecule has 0 atom stereocenters. The lowest BCUT2D eigenvalue weighted by Gasteiger charge is -2.09. The lowest BCUT2D eigenvalue weighted by Crippen LogP contribution is -2.26. The van der Waals surface area contributed by atoms with Crippen LogP contribution >= 0.6 is 0 Å². The fraction of sp³-hybridized carbons (Fsp3) is 0.238. The Hall–Kier alpha value is -3.08. The van der Waals surface area contributed by atoms with Crippen LogP contribution in [0.5, 0.6) is 0 Å². The average Bonchev–Trinajstić information content (AvgIpc) is 3.12. The predicted molar refractivity (Wildman–Crippen MR) is 108 cm³/mol. The van der Waals surface area contributed by atoms with Gasteiger partial charge >= 0.3 is 0 Å². The van der Waals surface area contributed by atoms with E-state index >= 15 is 0 Å². The molecule has 0 aromatic heterocycles. The highest BCUT2D eigenvalue weighted by atomic mass is 16.1. The number of nitrogens with two attached hydrogens (primary N) is 2. The van der Waals surface area contributed by atoms with Gasteiger partial charge in [-0.1, -0.05) is 55.7 Å². The van der Waals surface area contributed by atoms with Gasteiger partial charge in [0.1, 0.15) is 5.84 Å². The molecule has 5 nitrogen and oxygen atoms in total. The van der Waals surface area contributed by atoms with Gasteiger partial charge in [0.2, 0.25) is 5.91 Å². The monoisotopic (exact) mass is 350 g/mol. The molecule has 1 aromatic rings. The first-order chi connectivity index (χ1) is 12.6. The second-order valence-corrected chi connectivity index (χ2v) is 6.13. The van der Waals surface area contributed by atoms with Crippen molar-refractivity contribution in [3.63, 3.8) is 0 Å². The molecule has 0 heterocycles. The highest BCUT2D eigenvalue weighted by molar-refractivity contribution is 5.98. The van der Waals surface area contributed by atoms with Gasteiger partial charge in [0.15, 0.2) is 0 Å². The summed E-state index contributed by atoms with van der Waals surface area (Å²) in [6, 6.07) is 8.12. The first kappa shape index (κ1) is 19.2. The van der Waals surface area contributed by atoms with Crippen LogP contribution in [0.4, 0.5) is 0 Å². The van der Waals surface area contributed by atoms with E-state index in [1.165, 1.54) is 0 Å². The van der Waals surface area contributed by atoms with Crippen molar-refractivity contribution in [3.8, 4) is 0 Å². The van der Waals surface area contributed by atoms with E-state index in [0.717, 1.165) is 47.2 Å². The Kier molecular flexibility index (Phi) is 6.97. The fourth-order valence-corrected chi connectivity index (χ4v) is 3.00. The minimum Gasteiger partial charge on any atom is -0.382 e. The summed E-state index contributed by atoms with van der Waals surface area (Å²) < 4.78 is 0. The highest BCUT2D eigenvalue weighted by Crippen LogP contribution is 2.24. The number of aryl methyl sites for hydroxylation is 1. The van der Waals surface area contributed by atoms with Gasteiger partial charge in [0.25, 0.3) is 0 Å². The van der Waals surface area contributed by atoms with E-state index in [1.54, 1.807) is 12.2 Å². The van der Waals surface area contributed by atoms with E-state index in [2.05, 4.69) is 23.6 Å². The van der Waals surface area contributed by atoms with E-state index in [9.17, 15) is 4.79 Å². The first-order valence-electron chi connectivity index (χ1n) is 8.69. The van der Waals surface area contributed by atoms with Crippen molar-refractivity contribution in [2.24, 2.45) is 16.7 Å². The van der Waals surface area contributed by atoms with Gasteiger partial charge in [-0.25, -0.2) is 0 Å². The topological polar surface area (TPSA) is 93.5 Å². The summed E-state index contributed by atoms with van der Waals surface area (Å²) in [5, 5.41) is 6.49. The van der Waals surface area contributed by atoms with Crippen LogP contribution in [0, 0.1) is 0 Å². The van der Waals surface area contributed by atoms with Gasteiger partial charge < -0.3 is 16.9 Å². The predicted octanol–water partition coefficient (Wildman–Crippen LogP) is 3.16. The van der Waals surface area contributed by atoms with E-state index in [-0.39, 0.29) is 5.91 Å². The summed E-state index contributed by atoms with van der Waals surface area (Å²) in [5.74, 6) is 5.53. The second kappa shape index (κ2) is 9.42. The molecule has 0 spiro atoms. The standard InChI is InChI=1S/C21H26N4O/c1-3-6-16(4-2)17-12-9-15(10-13-17)11-14-20(26)24-19-8-5-7-18(19)21(22)25-23/h3-4,6,9-10,12-13H,1-2,5,7-8,11,14,23H2,(H2,22,25)(H,24,26)/b16-6+. The molecular formula is C21H26N4O. The molecule has 0 fully saturated rings. The summed E-state index contributed by atoms with van der Waals surface area (Å²) >= 11 is 0. The number of benzene rings is 1. The first-order valence-corrected chi connectivity index (χ1v) is 8.69. The Morgan fingerprint density at radius 1 is 1.23 bits per heavy atom. The number of hydrazone groups is 1. The number of nitrogens with zero attached hydrogens (tertiary/aromatic N) is 1. The molecule has 5 N–H and O–H groups in total. The van der Waals surface area contributed by atoms with Crippen molar-refractivity contribution in [1.82, 2.24) is 5.32 Å². The van der Waals surface area contributed by atoms with Crippen molar-refractivity contribution in [3.05, 3.63) is 78.0 Å². The lowest BCUT2D eigenvalue weighted by molar-refractivity contribution is -0.120. The number of nitrogens with one attached hydrogen (secondary N) is 1. The largest absolute Gasteiger partial charge is 0.382 e. The van der Waals surface area contributed by atoms with Crippen LogP contribution in [-0.4, -0.2) is 11.7 Å². The zero-order chi connectivity index (χ0) is 18.9. The van der Waals surface area contributed by atoms with Crippen molar-refractivity contribution in [2.75, 3.05) is 0 Å². The summed E-state index contributed by atoms with van der Waals surface area (Å²) in [7, 11) is 0. The van der Waals surface area contributed by atoms with Gasteiger partial charge in [-0.2, -0.15) is 5.10 Å². The number of carbonyl (C=O) groups excluding carboxylic acids is 1. The minimum atomic E-state index is -0.0216. The van der Waals surface area contributed by atoms with Crippen LogP contribution in [0.15, 0.2) is 72.0 Å². The third-order valence-corrected chi connectivity index (χ3v) is 4.40. The molecule has 0 unspecified atom stereocenters. The van der Waals surface area contributed by atoms with Crippen LogP contribution < -0.4 is 16.9 Å². The Labute approximate surface area is 154 Å². The minimum absolute atomic E-state index is 0.0216. The van der Waals surface area contributed by atoms with Crippen molar-refractivity contribution in [2.45, 2.75) is 32.1 Å². The van der Waals surface area contributed by atoms with Crippen molar-refractivity contribution in [1.29, 1.82) is 0 Å². The van der Waals surface area contributed by atoms with Gasteiger partial charge in [-0.15, -0.1) is 0 Å². The smallest absolute Gasteiger partial charge is 0.224 e. The zero-order valence-electron chi connectivity index (χ0n) is 15.0. The molecular weight excluding hydrogens is 324 g/mol. The van der Waals surface area contributed by atoms with Crippen LogP contribution in [0.2, 0.25) is 0 Å². The number of carbonyl (C=O) groups is 1. The number of hydrogen-bond acceptors (Lipinski definition) is 3. The number of amides is 1. The highest BCUT2D eigenvalue weighted by Gasteiger charge is 2.19. The normalized spacial score (nSPS) is 15.1. The Morgan fingerprint density at radius 3 is 2.58 bits per heavy atom. The second-order valence-electron chi connectivity index (χ2n) is 6.13. The number of allylic oxidation sites excluding steroid dienone is 5. The third kappa shape index (κ3) is 4.96. The summed E-state index contributed by atoms with van der Waals surface area (Å²) in [5.41, 5.74) is 10.7. The molecule has 1 aliphatic rings. The molecule has 1 aromatic carbocycles. The maximum Gasteiger partial charge on any atom is 0.224 e. The van der Waals surface area contributed by atoms with E-state index in [1.807, 2.05) is 30.3 Å². The molecule has 1 amide bonds. The van der Waals surface area contributed by atoms with Gasteiger partial charge in [-0.05, 0) is 42.4 Å². The molecule has 2 rings (SSSR count). The molecule has 0 bridgehead atoms. The van der Waals surface area contributed by atoms with Gasteiger partial charge in [-0.3, -0.25) is 4.79 Å². The Balaban J connectivity index is 1.94. The summed E-state index contributed by atoms with van der Waals surface area (Å²) in [6.45, 7) is 7.52. The maximum absolute atomic E-state index is 12.2. The van der Waals surface area contributed by atoms with E-state index in [0.29, 0.717) is 18.7 Å². The molecule has 0 radical (unpaired) electrons. The molecule has 0 aliphatic heterocycles. The average molecular weight is 350 g/mol. The number of hydrogen-bond donors (Lipinski definition) is 3. The van der Waals surface area contributed by atoms with Gasteiger partial charge in [0, 0.05) is 17.7 Å². The molecule has 5 heteroatoms. The van der Waals surface area contributed by atoms with Crippen LogP contribution in [-0.2, 0) is 11.2 Å². The Bertz CT molecular complexity index is 770. The van der Waals surface area contributed by atoms with Crippen LogP contribution in [0.25, 0.3) is 5.57 Å². The van der Waals surface area contributed by atoms with Crippen LogP contribution in [0.3, 0.4) is 0 Å². The summed E-state index contributed by atoms with van der Waals surface area (Å²) in [6.07, 6.45) is 9.08. The molecule has 1 aliphatic carbocycles. The lowest BCUT2D eigenvalue weighted by atomic mass is 10.0. The zero-order valence-corrected chi connectivity index (χ0v) is 15.0. The van der Waals surface area contributed by atoms with Gasteiger partial charge in [0.05, 0.1) is 0 Å². The van der Waals surface area contributed by atoms with E-state index < -0.39 is 0 Å². The number of amidine groups is 1. The molecule has 136 valence electrons. The SMILES string of the molecule is C=C/C=C(\C=C)c1ccc(CCC(=O)NC2=C(/C(N)=N/N)CCC2)cc1. The molecule has 0 saturated carbocycles. The van der Waals surface area contributed by atoms with Crippen molar-refractivity contribution < 1.29 is 4.79 Å². The number of rotatable bonds is 8. The Morgan fingerprint density at radius 2 is 1.96 bits per heavy atom. The molecule has 26 heavy (non-hydrogen) atoms. The quantitative estimate of drug-likeness (QED) is 0.221. The maximum atomic E-state index is 12.2. The van der Waals surface area contributed by atoms with E-state index in [4.69, 9.17) is 11.6 Å². The van der Waals surface area contributed by atoms with Crippen LogP contribution in [0.1, 0.15) is 36.8 Å². The summed E-state index contributed by atoms with van der Waals surface area (Å²) in [4.78, 5) is 12.2. The molecule has 0 saturated heterocycles.